The zero-order chi connectivity index (χ0) is 16.3. The first-order valence-electron chi connectivity index (χ1n) is 7.35. The molecular weight excluding hydrogens is 292 g/mol. The standard InChI is InChI=1S/C17H20N4O2/c22-20-16(14-8-3-1-4-9-14)18-12-7-13-19-17(21-23)15-10-5-2-6-11-15/h1-6,8-11,22-23H,7,12-13H2,(H,18,20)(H,19,21). The zero-order valence-corrected chi connectivity index (χ0v) is 12.7. The summed E-state index contributed by atoms with van der Waals surface area (Å²) in [6.07, 6.45) is 0.691. The molecule has 2 aromatic rings. The maximum absolute atomic E-state index is 9.16. The zero-order valence-electron chi connectivity index (χ0n) is 12.7. The molecule has 0 aliphatic carbocycles. The average molecular weight is 312 g/mol. The molecule has 0 heterocycles. The van der Waals surface area contributed by atoms with Crippen molar-refractivity contribution in [1.29, 1.82) is 0 Å². The Morgan fingerprint density at radius 2 is 1.09 bits per heavy atom. The summed E-state index contributed by atoms with van der Waals surface area (Å²) in [5.41, 5.74) is 5.87. The van der Waals surface area contributed by atoms with Crippen LogP contribution in [0.15, 0.2) is 70.6 Å². The Labute approximate surface area is 135 Å². The van der Waals surface area contributed by atoms with Crippen molar-refractivity contribution in [3.8, 4) is 0 Å². The van der Waals surface area contributed by atoms with Crippen LogP contribution in [-0.2, 0) is 0 Å². The van der Waals surface area contributed by atoms with Gasteiger partial charge in [0, 0.05) is 24.2 Å². The molecule has 0 fully saturated rings. The van der Waals surface area contributed by atoms with Crippen molar-refractivity contribution in [2.45, 2.75) is 6.42 Å². The fourth-order valence-corrected chi connectivity index (χ4v) is 2.03. The second-order valence-electron chi connectivity index (χ2n) is 4.77. The Hall–Kier alpha value is -2.70. The van der Waals surface area contributed by atoms with Gasteiger partial charge in [-0.1, -0.05) is 60.7 Å². The van der Waals surface area contributed by atoms with E-state index in [0.29, 0.717) is 31.2 Å². The van der Waals surface area contributed by atoms with E-state index in [9.17, 15) is 0 Å². The highest BCUT2D eigenvalue weighted by molar-refractivity contribution is 5.98. The summed E-state index contributed by atoms with van der Waals surface area (Å²) >= 11 is 0. The van der Waals surface area contributed by atoms with Gasteiger partial charge in [-0.2, -0.15) is 0 Å². The van der Waals surface area contributed by atoms with Crippen LogP contribution >= 0.6 is 0 Å². The highest BCUT2D eigenvalue weighted by atomic mass is 16.5. The predicted molar refractivity (Wildman–Crippen MR) is 90.2 cm³/mol. The number of rotatable bonds is 6. The largest absolute Gasteiger partial charge is 0.290 e. The molecule has 2 rings (SSSR count). The number of nitrogens with one attached hydrogen (secondary N) is 2. The minimum absolute atomic E-state index is 0.429. The molecule has 0 aliphatic heterocycles. The highest BCUT2D eigenvalue weighted by Crippen LogP contribution is 2.01. The van der Waals surface area contributed by atoms with E-state index in [1.807, 2.05) is 60.7 Å². The van der Waals surface area contributed by atoms with Crippen LogP contribution in [0.4, 0.5) is 0 Å². The van der Waals surface area contributed by atoms with Gasteiger partial charge in [0.15, 0.2) is 11.7 Å². The van der Waals surface area contributed by atoms with Crippen LogP contribution in [0.2, 0.25) is 0 Å². The number of hydrogen-bond acceptors (Lipinski definition) is 4. The molecule has 0 unspecified atom stereocenters. The van der Waals surface area contributed by atoms with Gasteiger partial charge in [-0.3, -0.25) is 31.4 Å². The minimum atomic E-state index is 0.429. The first-order valence-corrected chi connectivity index (χ1v) is 7.35. The summed E-state index contributed by atoms with van der Waals surface area (Å²) in [4.78, 5) is 8.62. The molecule has 23 heavy (non-hydrogen) atoms. The lowest BCUT2D eigenvalue weighted by Crippen LogP contribution is -2.21. The van der Waals surface area contributed by atoms with E-state index in [0.717, 1.165) is 11.1 Å². The third kappa shape index (κ3) is 5.21. The summed E-state index contributed by atoms with van der Waals surface area (Å²) in [5.74, 6) is 0.858. The summed E-state index contributed by atoms with van der Waals surface area (Å²) in [7, 11) is 0. The second-order valence-corrected chi connectivity index (χ2v) is 4.77. The molecule has 0 radical (unpaired) electrons. The van der Waals surface area contributed by atoms with Crippen molar-refractivity contribution in [2.75, 3.05) is 13.1 Å². The number of nitrogens with zero attached hydrogens (tertiary/aromatic N) is 2. The molecule has 0 saturated heterocycles. The lowest BCUT2D eigenvalue weighted by atomic mass is 10.2. The third-order valence-electron chi connectivity index (χ3n) is 3.16. The molecule has 6 heteroatoms. The Kier molecular flexibility index (Phi) is 6.77. The monoisotopic (exact) mass is 312 g/mol. The number of hydroxylamine groups is 2. The van der Waals surface area contributed by atoms with Gasteiger partial charge in [-0.25, -0.2) is 0 Å². The molecule has 0 bridgehead atoms. The maximum atomic E-state index is 9.16. The number of amidine groups is 2. The normalized spacial score (nSPS) is 12.1. The molecule has 2 aromatic carbocycles. The molecule has 0 amide bonds. The van der Waals surface area contributed by atoms with Crippen molar-refractivity contribution in [2.24, 2.45) is 9.98 Å². The Morgan fingerprint density at radius 3 is 1.43 bits per heavy atom. The minimum Gasteiger partial charge on any atom is -0.290 e. The molecule has 0 atom stereocenters. The lowest BCUT2D eigenvalue weighted by Gasteiger charge is -2.05. The molecule has 120 valence electrons. The molecule has 0 aliphatic rings. The van der Waals surface area contributed by atoms with Crippen LogP contribution in [-0.4, -0.2) is 35.2 Å². The van der Waals surface area contributed by atoms with Crippen LogP contribution in [0.1, 0.15) is 17.5 Å². The van der Waals surface area contributed by atoms with E-state index >= 15 is 0 Å². The summed E-state index contributed by atoms with van der Waals surface area (Å²) in [5, 5.41) is 18.3. The molecule has 0 spiro atoms. The highest BCUT2D eigenvalue weighted by Gasteiger charge is 2.01. The number of benzene rings is 2. The quantitative estimate of drug-likeness (QED) is 0.285. The SMILES string of the molecule is ONC(=NCCCN=C(NO)c1ccccc1)c1ccccc1. The average Bonchev–Trinajstić information content (AvgIpc) is 2.63. The van der Waals surface area contributed by atoms with E-state index < -0.39 is 0 Å². The summed E-state index contributed by atoms with van der Waals surface area (Å²) in [6, 6.07) is 18.8. The van der Waals surface area contributed by atoms with Crippen LogP contribution in [0.25, 0.3) is 0 Å². The van der Waals surface area contributed by atoms with Crippen molar-refractivity contribution < 1.29 is 10.4 Å². The van der Waals surface area contributed by atoms with E-state index in [-0.39, 0.29) is 0 Å². The Morgan fingerprint density at radius 1 is 0.696 bits per heavy atom. The first kappa shape index (κ1) is 16.7. The Bertz CT molecular complexity index is 585. The molecular formula is C17H20N4O2. The van der Waals surface area contributed by atoms with Crippen molar-refractivity contribution in [1.82, 2.24) is 11.0 Å². The van der Waals surface area contributed by atoms with Gasteiger partial charge >= 0.3 is 0 Å². The third-order valence-corrected chi connectivity index (χ3v) is 3.16. The molecule has 0 saturated carbocycles. The molecule has 0 aromatic heterocycles. The van der Waals surface area contributed by atoms with E-state index in [2.05, 4.69) is 20.9 Å². The fraction of sp³-hybridized carbons (Fsp3) is 0.176. The van der Waals surface area contributed by atoms with Gasteiger partial charge in [0.25, 0.3) is 0 Å². The Balaban J connectivity index is 1.89. The smallest absolute Gasteiger partial charge is 0.152 e. The van der Waals surface area contributed by atoms with Crippen molar-refractivity contribution in [3.05, 3.63) is 71.8 Å². The van der Waals surface area contributed by atoms with Crippen molar-refractivity contribution >= 4 is 11.7 Å². The van der Waals surface area contributed by atoms with Crippen LogP contribution in [0.3, 0.4) is 0 Å². The van der Waals surface area contributed by atoms with Crippen molar-refractivity contribution in [3.63, 3.8) is 0 Å². The topological polar surface area (TPSA) is 89.2 Å². The van der Waals surface area contributed by atoms with Gasteiger partial charge < -0.3 is 0 Å². The van der Waals surface area contributed by atoms with Gasteiger partial charge in [-0.05, 0) is 6.42 Å². The van der Waals surface area contributed by atoms with Crippen LogP contribution in [0, 0.1) is 0 Å². The van der Waals surface area contributed by atoms with Gasteiger partial charge in [0.05, 0.1) is 0 Å². The fourth-order valence-electron chi connectivity index (χ4n) is 2.03. The summed E-state index contributed by atoms with van der Waals surface area (Å²) < 4.78 is 0. The van der Waals surface area contributed by atoms with Gasteiger partial charge in [0.1, 0.15) is 0 Å². The first-order chi connectivity index (χ1) is 11.3. The van der Waals surface area contributed by atoms with Crippen LogP contribution < -0.4 is 11.0 Å². The molecule has 6 nitrogen and oxygen atoms in total. The summed E-state index contributed by atoms with van der Waals surface area (Å²) in [6.45, 7) is 1.02. The van der Waals surface area contributed by atoms with Crippen LogP contribution in [0.5, 0.6) is 0 Å². The van der Waals surface area contributed by atoms with E-state index in [1.165, 1.54) is 0 Å². The maximum Gasteiger partial charge on any atom is 0.152 e. The predicted octanol–water partition coefficient (Wildman–Crippen LogP) is 2.23. The van der Waals surface area contributed by atoms with Gasteiger partial charge in [-0.15, -0.1) is 0 Å². The lowest BCUT2D eigenvalue weighted by molar-refractivity contribution is 0.234. The van der Waals surface area contributed by atoms with Gasteiger partial charge in [0.2, 0.25) is 0 Å². The molecule has 4 N–H and O–H groups in total. The second kappa shape index (κ2) is 9.34. The number of aliphatic imine (C=N–C) groups is 2. The van der Waals surface area contributed by atoms with E-state index in [1.54, 1.807) is 0 Å². The van der Waals surface area contributed by atoms with E-state index in [4.69, 9.17) is 10.4 Å². The number of hydrogen-bond donors (Lipinski definition) is 4.